The first-order valence-corrected chi connectivity index (χ1v) is 8.80. The van der Waals surface area contributed by atoms with Crippen LogP contribution in [0, 0.1) is 6.20 Å². The molecule has 0 aliphatic carbocycles. The van der Waals surface area contributed by atoms with Crippen molar-refractivity contribution in [1.29, 1.82) is 0 Å². The molecule has 4 aromatic heterocycles. The van der Waals surface area contributed by atoms with E-state index < -0.39 is 11.7 Å². The fraction of sp³-hybridized carbons (Fsp3) is 0.190. The van der Waals surface area contributed by atoms with Crippen LogP contribution in [-0.2, 0) is 19.0 Å². The summed E-state index contributed by atoms with van der Waals surface area (Å²) in [6.45, 7) is 0. The van der Waals surface area contributed by atoms with Gasteiger partial charge in [-0.25, -0.2) is 9.97 Å². The Labute approximate surface area is 164 Å². The maximum atomic E-state index is 13.0. The van der Waals surface area contributed by atoms with Gasteiger partial charge in [0.05, 0.1) is 18.9 Å². The van der Waals surface area contributed by atoms with E-state index in [1.165, 1.54) is 0 Å². The van der Waals surface area contributed by atoms with Gasteiger partial charge in [0.2, 0.25) is 5.88 Å². The van der Waals surface area contributed by atoms with Crippen LogP contribution in [0.5, 0.6) is 5.88 Å². The van der Waals surface area contributed by atoms with Gasteiger partial charge in [0.15, 0.2) is 0 Å². The Kier molecular flexibility index (Phi) is 4.92. The number of methoxy groups -OCH3 is 1. The quantitative estimate of drug-likeness (QED) is 0.543. The van der Waals surface area contributed by atoms with Crippen molar-refractivity contribution in [2.45, 2.75) is 19.0 Å². The number of H-pyrrole nitrogens is 1. The maximum Gasteiger partial charge on any atom is 0.417 e. The lowest BCUT2D eigenvalue weighted by Crippen LogP contribution is -2.05. The zero-order valence-electron chi connectivity index (χ0n) is 15.4. The van der Waals surface area contributed by atoms with Crippen LogP contribution in [0.4, 0.5) is 13.2 Å². The average molecular weight is 397 g/mol. The van der Waals surface area contributed by atoms with Crippen molar-refractivity contribution in [3.05, 3.63) is 83.1 Å². The average Bonchev–Trinajstić information content (AvgIpc) is 3.10. The Morgan fingerprint density at radius 2 is 1.90 bits per heavy atom. The van der Waals surface area contributed by atoms with E-state index in [1.54, 1.807) is 31.8 Å². The third-order valence-corrected chi connectivity index (χ3v) is 4.54. The van der Waals surface area contributed by atoms with Gasteiger partial charge in [0.1, 0.15) is 5.65 Å². The lowest BCUT2D eigenvalue weighted by Gasteiger charge is -2.07. The van der Waals surface area contributed by atoms with Crippen molar-refractivity contribution in [1.82, 2.24) is 19.9 Å². The van der Waals surface area contributed by atoms with Gasteiger partial charge in [0.25, 0.3) is 0 Å². The lowest BCUT2D eigenvalue weighted by molar-refractivity contribution is -0.137. The monoisotopic (exact) mass is 397 g/mol. The van der Waals surface area contributed by atoms with Crippen LogP contribution in [0.15, 0.2) is 49.1 Å². The van der Waals surface area contributed by atoms with Gasteiger partial charge >= 0.3 is 6.18 Å². The summed E-state index contributed by atoms with van der Waals surface area (Å²) in [4.78, 5) is 15.1. The van der Waals surface area contributed by atoms with Crippen molar-refractivity contribution in [2.24, 2.45) is 0 Å². The van der Waals surface area contributed by atoms with E-state index in [0.717, 1.165) is 34.5 Å². The van der Waals surface area contributed by atoms with E-state index in [1.807, 2.05) is 12.1 Å². The van der Waals surface area contributed by atoms with Crippen molar-refractivity contribution in [3.8, 4) is 5.88 Å². The molecule has 4 rings (SSSR count). The number of nitrogens with zero attached hydrogens (tertiary/aromatic N) is 3. The molecule has 0 aromatic carbocycles. The van der Waals surface area contributed by atoms with Gasteiger partial charge in [-0.3, -0.25) is 4.98 Å². The van der Waals surface area contributed by atoms with Crippen molar-refractivity contribution >= 4 is 11.0 Å². The molecule has 29 heavy (non-hydrogen) atoms. The largest absolute Gasteiger partial charge is 0.481 e. The molecule has 1 N–H and O–H groups in total. The minimum atomic E-state index is -4.43. The summed E-state index contributed by atoms with van der Waals surface area (Å²) in [5.74, 6) is 0.538. The Morgan fingerprint density at radius 1 is 1.03 bits per heavy atom. The second-order valence-corrected chi connectivity index (χ2v) is 6.61. The number of alkyl halides is 3. The van der Waals surface area contributed by atoms with E-state index in [0.29, 0.717) is 29.8 Å². The molecule has 0 bridgehead atoms. The number of hydrogen-bond acceptors (Lipinski definition) is 4. The van der Waals surface area contributed by atoms with Crippen LogP contribution in [0.2, 0.25) is 0 Å². The SMILES string of the molecule is COc1ccc(Cc2[c]ncc(Cc3c[nH]c4ncc(C(F)(F)F)cc34)c2)cn1. The molecule has 8 heteroatoms. The molecule has 1 radical (unpaired) electrons. The first-order valence-electron chi connectivity index (χ1n) is 8.80. The van der Waals surface area contributed by atoms with E-state index in [-0.39, 0.29) is 0 Å². The number of rotatable bonds is 5. The fourth-order valence-electron chi connectivity index (χ4n) is 3.11. The van der Waals surface area contributed by atoms with E-state index >= 15 is 0 Å². The van der Waals surface area contributed by atoms with Crippen molar-refractivity contribution < 1.29 is 17.9 Å². The Balaban J connectivity index is 1.57. The number of nitrogens with one attached hydrogen (secondary N) is 1. The van der Waals surface area contributed by atoms with Crippen molar-refractivity contribution in [2.75, 3.05) is 7.11 Å². The summed E-state index contributed by atoms with van der Waals surface area (Å²) in [5, 5.41) is 0.452. The summed E-state index contributed by atoms with van der Waals surface area (Å²) in [6.07, 6.45) is 5.45. The second-order valence-electron chi connectivity index (χ2n) is 6.61. The summed E-state index contributed by atoms with van der Waals surface area (Å²) in [6, 6.07) is 6.76. The zero-order chi connectivity index (χ0) is 20.4. The number of hydrogen-bond donors (Lipinski definition) is 1. The molecule has 0 fully saturated rings. The molecular weight excluding hydrogens is 381 g/mol. The number of halogens is 3. The second kappa shape index (κ2) is 7.54. The topological polar surface area (TPSA) is 63.7 Å². The van der Waals surface area contributed by atoms with Crippen LogP contribution in [0.25, 0.3) is 11.0 Å². The molecule has 0 unspecified atom stereocenters. The van der Waals surface area contributed by atoms with Gasteiger partial charge < -0.3 is 9.72 Å². The fourth-order valence-corrected chi connectivity index (χ4v) is 3.11. The van der Waals surface area contributed by atoms with E-state index in [2.05, 4.69) is 26.1 Å². The normalized spacial score (nSPS) is 11.7. The zero-order valence-corrected chi connectivity index (χ0v) is 15.4. The minimum absolute atomic E-state index is 0.424. The molecule has 0 saturated heterocycles. The summed E-state index contributed by atoms with van der Waals surface area (Å²) < 4.78 is 44.1. The summed E-state index contributed by atoms with van der Waals surface area (Å²) in [5.41, 5.74) is 3.10. The highest BCUT2D eigenvalue weighted by atomic mass is 19.4. The van der Waals surface area contributed by atoms with Gasteiger partial charge in [-0.15, -0.1) is 0 Å². The number of aromatic nitrogens is 4. The molecule has 0 aliphatic rings. The molecule has 4 heterocycles. The molecular formula is C21H16F3N4O. The van der Waals surface area contributed by atoms with Crippen LogP contribution >= 0.6 is 0 Å². The molecule has 0 saturated carbocycles. The molecule has 0 aliphatic heterocycles. The molecule has 4 aromatic rings. The molecule has 0 atom stereocenters. The van der Waals surface area contributed by atoms with Crippen LogP contribution in [-0.4, -0.2) is 27.0 Å². The number of pyridine rings is 3. The molecule has 147 valence electrons. The number of fused-ring (bicyclic) bond motifs is 1. The predicted molar refractivity (Wildman–Crippen MR) is 101 cm³/mol. The van der Waals surface area contributed by atoms with E-state index in [9.17, 15) is 13.2 Å². The first kappa shape index (κ1) is 18.9. The third-order valence-electron chi connectivity index (χ3n) is 4.54. The Hall–Kier alpha value is -3.42. The van der Waals surface area contributed by atoms with E-state index in [4.69, 9.17) is 4.74 Å². The predicted octanol–water partition coefficient (Wildman–Crippen LogP) is 4.36. The van der Waals surface area contributed by atoms with Gasteiger partial charge in [-0.05, 0) is 28.3 Å². The van der Waals surface area contributed by atoms with Gasteiger partial charge in [-0.2, -0.15) is 13.2 Å². The molecule has 0 amide bonds. The molecule has 5 nitrogen and oxygen atoms in total. The van der Waals surface area contributed by atoms with Crippen LogP contribution < -0.4 is 4.74 Å². The van der Waals surface area contributed by atoms with Gasteiger partial charge in [0, 0.05) is 49.1 Å². The van der Waals surface area contributed by atoms with Crippen LogP contribution in [0.3, 0.4) is 0 Å². The smallest absolute Gasteiger partial charge is 0.417 e. The summed E-state index contributed by atoms with van der Waals surface area (Å²) >= 11 is 0. The summed E-state index contributed by atoms with van der Waals surface area (Å²) in [7, 11) is 1.56. The lowest BCUT2D eigenvalue weighted by atomic mass is 10.0. The highest BCUT2D eigenvalue weighted by molar-refractivity contribution is 5.80. The van der Waals surface area contributed by atoms with Crippen LogP contribution in [0.1, 0.15) is 27.8 Å². The highest BCUT2D eigenvalue weighted by Crippen LogP contribution is 2.31. The highest BCUT2D eigenvalue weighted by Gasteiger charge is 2.31. The third kappa shape index (κ3) is 4.21. The molecule has 0 spiro atoms. The minimum Gasteiger partial charge on any atom is -0.481 e. The first-order chi connectivity index (χ1) is 13.9. The number of aromatic amines is 1. The Bertz CT molecular complexity index is 1140. The number of ether oxygens (including phenoxy) is 1. The standard InChI is InChI=1S/C21H16F3N4O/c1-29-19-3-2-13(10-26-19)4-14-5-15(9-25-8-14)6-16-11-27-20-18(16)7-17(12-28-20)21(22,23)24/h2-3,5,7,9-12H,4,6H2,1H3,(H,27,28). The van der Waals surface area contributed by atoms with Crippen molar-refractivity contribution in [3.63, 3.8) is 0 Å². The maximum absolute atomic E-state index is 13.0. The Morgan fingerprint density at radius 3 is 2.62 bits per heavy atom. The van der Waals surface area contributed by atoms with Gasteiger partial charge in [-0.1, -0.05) is 12.1 Å².